The number of rotatable bonds is 7. The third-order valence-electron chi connectivity index (χ3n) is 3.58. The maximum absolute atomic E-state index is 12.7. The molecule has 1 unspecified atom stereocenters. The van der Waals surface area contributed by atoms with Gasteiger partial charge in [-0.2, -0.15) is 0 Å². The summed E-state index contributed by atoms with van der Waals surface area (Å²) in [4.78, 5) is 21.4. The van der Waals surface area contributed by atoms with Crippen LogP contribution in [0.2, 0.25) is 0 Å². The van der Waals surface area contributed by atoms with Gasteiger partial charge in [0.2, 0.25) is 5.88 Å². The van der Waals surface area contributed by atoms with Crippen LogP contribution in [0.4, 0.5) is 0 Å². The van der Waals surface area contributed by atoms with Crippen LogP contribution in [-0.2, 0) is 0 Å². The molecule has 1 N–H and O–H groups in total. The zero-order valence-corrected chi connectivity index (χ0v) is 14.3. The second-order valence-electron chi connectivity index (χ2n) is 5.30. The molecule has 5 heteroatoms. The number of carbonyl (C=O) groups is 1. The summed E-state index contributed by atoms with van der Waals surface area (Å²) in [5.74, 6) is 0.139. The lowest BCUT2D eigenvalue weighted by molar-refractivity contribution is 0.0939. The van der Waals surface area contributed by atoms with Gasteiger partial charge in [-0.3, -0.25) is 4.79 Å². The minimum absolute atomic E-state index is 0.0232. The first-order valence-electron chi connectivity index (χ1n) is 8.13. The minimum Gasteiger partial charge on any atom is -0.480 e. The first kappa shape index (κ1) is 17.7. The summed E-state index contributed by atoms with van der Waals surface area (Å²) in [5.41, 5.74) is 1.64. The number of methoxy groups -OCH3 is 1. The highest BCUT2D eigenvalue weighted by Gasteiger charge is 2.19. The summed E-state index contributed by atoms with van der Waals surface area (Å²) in [6.07, 6.45) is 7.27. The number of nitrogens with one attached hydrogen (secondary N) is 1. The van der Waals surface area contributed by atoms with E-state index in [1.54, 1.807) is 0 Å². The Kier molecular flexibility index (Phi) is 6.49. The number of hydrogen-bond acceptors (Lipinski definition) is 4. The van der Waals surface area contributed by atoms with Crippen LogP contribution in [0.3, 0.4) is 0 Å². The molecule has 0 aliphatic carbocycles. The Balaban J connectivity index is 2.35. The number of amides is 1. The SMILES string of the molecule is CCC=CC(CC)NC(=O)c1ncc(OC)nc1-c1ccccc1. The molecule has 1 amide bonds. The number of benzene rings is 1. The van der Waals surface area contributed by atoms with Crippen LogP contribution in [0, 0.1) is 0 Å². The van der Waals surface area contributed by atoms with Gasteiger partial charge in [-0.15, -0.1) is 0 Å². The number of hydrogen-bond donors (Lipinski definition) is 1. The largest absolute Gasteiger partial charge is 0.480 e. The zero-order chi connectivity index (χ0) is 17.4. The van der Waals surface area contributed by atoms with Crippen molar-refractivity contribution < 1.29 is 9.53 Å². The molecule has 5 nitrogen and oxygen atoms in total. The van der Waals surface area contributed by atoms with Gasteiger partial charge in [-0.1, -0.05) is 56.3 Å². The van der Waals surface area contributed by atoms with Crippen LogP contribution < -0.4 is 10.1 Å². The summed E-state index contributed by atoms with van der Waals surface area (Å²) < 4.78 is 5.15. The summed E-state index contributed by atoms with van der Waals surface area (Å²) in [6.45, 7) is 4.09. The van der Waals surface area contributed by atoms with Gasteiger partial charge in [-0.25, -0.2) is 9.97 Å². The van der Waals surface area contributed by atoms with E-state index in [4.69, 9.17) is 4.74 Å². The first-order valence-corrected chi connectivity index (χ1v) is 8.13. The lowest BCUT2D eigenvalue weighted by Crippen LogP contribution is -2.34. The third kappa shape index (κ3) is 4.41. The Bertz CT molecular complexity index is 699. The lowest BCUT2D eigenvalue weighted by Gasteiger charge is -2.14. The number of allylic oxidation sites excluding steroid dienone is 1. The highest BCUT2D eigenvalue weighted by Crippen LogP contribution is 2.22. The molecule has 1 heterocycles. The highest BCUT2D eigenvalue weighted by atomic mass is 16.5. The molecule has 0 saturated carbocycles. The molecule has 1 atom stereocenters. The molecular weight excluding hydrogens is 302 g/mol. The molecular formula is C19H23N3O2. The van der Waals surface area contributed by atoms with E-state index in [0.29, 0.717) is 17.3 Å². The van der Waals surface area contributed by atoms with Gasteiger partial charge in [0.1, 0.15) is 5.69 Å². The summed E-state index contributed by atoms with van der Waals surface area (Å²) in [6, 6.07) is 9.49. The van der Waals surface area contributed by atoms with E-state index in [0.717, 1.165) is 18.4 Å². The monoisotopic (exact) mass is 325 g/mol. The molecule has 126 valence electrons. The second kappa shape index (κ2) is 8.82. The van der Waals surface area contributed by atoms with Crippen molar-refractivity contribution >= 4 is 5.91 Å². The van der Waals surface area contributed by atoms with Gasteiger partial charge < -0.3 is 10.1 Å². The molecule has 2 aromatic rings. The van der Waals surface area contributed by atoms with Crippen LogP contribution in [0.5, 0.6) is 5.88 Å². The van der Waals surface area contributed by atoms with Crippen LogP contribution in [-0.4, -0.2) is 29.0 Å². The van der Waals surface area contributed by atoms with Crippen molar-refractivity contribution in [2.24, 2.45) is 0 Å². The minimum atomic E-state index is -0.239. The van der Waals surface area contributed by atoms with Gasteiger partial charge in [0.05, 0.1) is 13.3 Å². The van der Waals surface area contributed by atoms with Crippen molar-refractivity contribution in [1.29, 1.82) is 0 Å². The first-order chi connectivity index (χ1) is 11.7. The number of ether oxygens (including phenoxy) is 1. The van der Waals surface area contributed by atoms with Crippen molar-refractivity contribution in [2.75, 3.05) is 7.11 Å². The van der Waals surface area contributed by atoms with Crippen LogP contribution >= 0.6 is 0 Å². The molecule has 0 saturated heterocycles. The number of carbonyl (C=O) groups excluding carboxylic acids is 1. The summed E-state index contributed by atoms with van der Waals surface area (Å²) >= 11 is 0. The van der Waals surface area contributed by atoms with Crippen molar-refractivity contribution in [3.8, 4) is 17.1 Å². The van der Waals surface area contributed by atoms with Crippen LogP contribution in [0.1, 0.15) is 37.2 Å². The fourth-order valence-corrected chi connectivity index (χ4v) is 2.26. The predicted molar refractivity (Wildman–Crippen MR) is 95.0 cm³/mol. The fraction of sp³-hybridized carbons (Fsp3) is 0.316. The van der Waals surface area contributed by atoms with Crippen molar-refractivity contribution in [3.05, 3.63) is 54.4 Å². The van der Waals surface area contributed by atoms with E-state index in [2.05, 4.69) is 22.2 Å². The Morgan fingerprint density at radius 1 is 1.29 bits per heavy atom. The molecule has 0 aliphatic rings. The number of nitrogens with zero attached hydrogens (tertiary/aromatic N) is 2. The van der Waals surface area contributed by atoms with E-state index in [1.807, 2.05) is 49.4 Å². The molecule has 2 rings (SSSR count). The Labute approximate surface area is 142 Å². The van der Waals surface area contributed by atoms with E-state index in [9.17, 15) is 4.79 Å². The molecule has 0 fully saturated rings. The highest BCUT2D eigenvalue weighted by molar-refractivity contribution is 5.98. The average Bonchev–Trinajstić information content (AvgIpc) is 2.65. The third-order valence-corrected chi connectivity index (χ3v) is 3.58. The molecule has 24 heavy (non-hydrogen) atoms. The fourth-order valence-electron chi connectivity index (χ4n) is 2.26. The maximum Gasteiger partial charge on any atom is 0.272 e. The molecule has 1 aromatic carbocycles. The van der Waals surface area contributed by atoms with Gasteiger partial charge in [-0.05, 0) is 12.8 Å². The van der Waals surface area contributed by atoms with Crippen molar-refractivity contribution in [2.45, 2.75) is 32.7 Å². The van der Waals surface area contributed by atoms with Gasteiger partial charge in [0.15, 0.2) is 5.69 Å². The molecule has 1 aromatic heterocycles. The predicted octanol–water partition coefficient (Wildman–Crippen LogP) is 3.63. The van der Waals surface area contributed by atoms with Crippen LogP contribution in [0.15, 0.2) is 48.7 Å². The summed E-state index contributed by atoms with van der Waals surface area (Å²) in [5, 5.41) is 3.00. The van der Waals surface area contributed by atoms with Crippen molar-refractivity contribution in [1.82, 2.24) is 15.3 Å². The lowest BCUT2D eigenvalue weighted by atomic mass is 10.1. The standard InChI is InChI=1S/C19H23N3O2/c1-4-6-12-15(5-2)21-19(23)18-17(14-10-8-7-9-11-14)22-16(24-3)13-20-18/h6-13,15H,4-5H2,1-3H3,(H,21,23). The van der Waals surface area contributed by atoms with Gasteiger partial charge in [0.25, 0.3) is 5.91 Å². The molecule has 0 aliphatic heterocycles. The Hall–Kier alpha value is -2.69. The topological polar surface area (TPSA) is 64.1 Å². The van der Waals surface area contributed by atoms with Crippen molar-refractivity contribution in [3.63, 3.8) is 0 Å². The second-order valence-corrected chi connectivity index (χ2v) is 5.30. The van der Waals surface area contributed by atoms with Crippen LogP contribution in [0.25, 0.3) is 11.3 Å². The van der Waals surface area contributed by atoms with E-state index < -0.39 is 0 Å². The smallest absolute Gasteiger partial charge is 0.272 e. The molecule has 0 bridgehead atoms. The quantitative estimate of drug-likeness (QED) is 0.790. The van der Waals surface area contributed by atoms with Gasteiger partial charge in [0, 0.05) is 11.6 Å². The average molecular weight is 325 g/mol. The number of aromatic nitrogens is 2. The van der Waals surface area contributed by atoms with E-state index in [-0.39, 0.29) is 11.9 Å². The Morgan fingerprint density at radius 2 is 2.04 bits per heavy atom. The molecule has 0 spiro atoms. The van der Waals surface area contributed by atoms with E-state index >= 15 is 0 Å². The van der Waals surface area contributed by atoms with Gasteiger partial charge >= 0.3 is 0 Å². The summed E-state index contributed by atoms with van der Waals surface area (Å²) in [7, 11) is 1.53. The Morgan fingerprint density at radius 3 is 2.67 bits per heavy atom. The van der Waals surface area contributed by atoms with E-state index in [1.165, 1.54) is 13.3 Å². The maximum atomic E-state index is 12.7. The zero-order valence-electron chi connectivity index (χ0n) is 14.3. The normalized spacial score (nSPS) is 12.1. The molecule has 0 radical (unpaired) electrons.